The Morgan fingerprint density at radius 3 is 2.33 bits per heavy atom. The number of allylic oxidation sites excluding steroid dienone is 6. The van der Waals surface area contributed by atoms with E-state index in [4.69, 9.17) is 14.2 Å². The van der Waals surface area contributed by atoms with Crippen molar-refractivity contribution in [1.29, 1.82) is 0 Å². The van der Waals surface area contributed by atoms with Crippen LogP contribution in [0.2, 0.25) is 0 Å². The lowest BCUT2D eigenvalue weighted by Gasteiger charge is -2.43. The van der Waals surface area contributed by atoms with Crippen LogP contribution in [0.15, 0.2) is 72.0 Å². The second kappa shape index (κ2) is 26.3. The molecule has 406 valence electrons. The highest BCUT2D eigenvalue weighted by Crippen LogP contribution is 2.42. The fourth-order valence-corrected chi connectivity index (χ4v) is 12.7. The highest BCUT2D eigenvalue weighted by atomic mass is 16.6. The summed E-state index contributed by atoms with van der Waals surface area (Å²) in [6.45, 7) is 15.9. The van der Waals surface area contributed by atoms with Crippen LogP contribution in [0.1, 0.15) is 149 Å². The number of Topliss-reactive ketones (excluding diaryl/α,β-unsaturated/α-hetero) is 2. The maximum atomic E-state index is 14.8. The van der Waals surface area contributed by atoms with Crippen molar-refractivity contribution < 1.29 is 54.1 Å². The van der Waals surface area contributed by atoms with E-state index in [1.807, 2.05) is 50.4 Å². The number of ketones is 2. The summed E-state index contributed by atoms with van der Waals surface area (Å²) in [5.74, 6) is -6.13. The number of rotatable bonds is 6. The minimum Gasteiger partial charge on any atom is -0.393 e. The topological polar surface area (TPSA) is 199 Å². The predicted molar refractivity (Wildman–Crippen MR) is 285 cm³/mol. The Hall–Kier alpha value is -3.79. The molecule has 3 fully saturated rings. The van der Waals surface area contributed by atoms with Gasteiger partial charge in [-0.3, -0.25) is 14.4 Å². The van der Waals surface area contributed by atoms with Crippen LogP contribution in [0.3, 0.4) is 0 Å². The quantitative estimate of drug-likeness (QED) is 0.119. The van der Waals surface area contributed by atoms with Crippen LogP contribution in [-0.4, -0.2) is 128 Å². The Balaban J connectivity index is 1.35. The van der Waals surface area contributed by atoms with E-state index in [-0.39, 0.29) is 66.8 Å². The van der Waals surface area contributed by atoms with Crippen molar-refractivity contribution in [3.63, 3.8) is 0 Å². The first-order chi connectivity index (χ1) is 34.7. The van der Waals surface area contributed by atoms with Gasteiger partial charge in [-0.1, -0.05) is 94.8 Å². The number of fused-ring (bicyclic) bond motifs is 4. The molecule has 6 N–H and O–H groups in total. The summed E-state index contributed by atoms with van der Waals surface area (Å²) in [7, 11) is 3.10. The second-order valence-corrected chi connectivity index (χ2v) is 23.0. The SMILES string of the molecule is CO[C@H]1[C@@H](O)[C@H](C)C[C@H](C)/C=C/C=C/C=C(/C)[C@@H](c2c[nH]c3c(C)cccc23)C[C@@H]2CC[C@@H](C)[C@@](O)(O2)C(=O)C(=O)N2CCCC[C@H]2C(=O)C[C@H]([C@H](C)C[C@@H]2CC[C@@H](O)[C@H](OC)C2)C[C@H](O)[C@H](C)/C=C(\C)[C@H]1O. The number of aromatic amines is 1. The van der Waals surface area contributed by atoms with Gasteiger partial charge < -0.3 is 49.6 Å². The first-order valence-corrected chi connectivity index (χ1v) is 27.5. The third-order valence-corrected chi connectivity index (χ3v) is 17.5. The van der Waals surface area contributed by atoms with Gasteiger partial charge in [-0.25, -0.2) is 0 Å². The van der Waals surface area contributed by atoms with E-state index in [9.17, 15) is 39.9 Å². The molecule has 2 saturated heterocycles. The number of nitrogens with one attached hydrogen (secondary N) is 1. The van der Waals surface area contributed by atoms with Crippen molar-refractivity contribution in [2.75, 3.05) is 20.8 Å². The molecule has 2 bridgehead atoms. The van der Waals surface area contributed by atoms with Crippen molar-refractivity contribution in [1.82, 2.24) is 9.88 Å². The largest absolute Gasteiger partial charge is 0.393 e. The lowest BCUT2D eigenvalue weighted by atomic mass is 9.73. The van der Waals surface area contributed by atoms with Crippen molar-refractivity contribution >= 4 is 28.4 Å². The van der Waals surface area contributed by atoms with Crippen molar-refractivity contribution in [2.24, 2.45) is 41.4 Å². The van der Waals surface area contributed by atoms with Gasteiger partial charge in [-0.05, 0) is 144 Å². The van der Waals surface area contributed by atoms with Gasteiger partial charge in [0.2, 0.25) is 5.79 Å². The molecule has 1 saturated carbocycles. The molecule has 1 amide bonds. The monoisotopic (exact) mass is 1010 g/mol. The first-order valence-electron chi connectivity index (χ1n) is 27.5. The lowest BCUT2D eigenvalue weighted by Crippen LogP contribution is -2.60. The van der Waals surface area contributed by atoms with Gasteiger partial charge >= 0.3 is 0 Å². The van der Waals surface area contributed by atoms with E-state index in [0.29, 0.717) is 63.4 Å². The fraction of sp³-hybridized carbons (Fsp3) is 0.683. The normalized spacial score (nSPS) is 39.5. The van der Waals surface area contributed by atoms with Crippen LogP contribution in [0.5, 0.6) is 0 Å². The van der Waals surface area contributed by atoms with Gasteiger partial charge in [-0.2, -0.15) is 0 Å². The molecule has 73 heavy (non-hydrogen) atoms. The maximum Gasteiger partial charge on any atom is 0.296 e. The first kappa shape index (κ1) is 58.5. The van der Waals surface area contributed by atoms with Crippen LogP contribution in [0, 0.1) is 48.3 Å². The number of aliphatic hydroxyl groups excluding tert-OH is 4. The number of hydrogen-bond acceptors (Lipinski definition) is 11. The molecule has 3 aliphatic heterocycles. The third-order valence-electron chi connectivity index (χ3n) is 17.5. The van der Waals surface area contributed by atoms with Gasteiger partial charge in [0.25, 0.3) is 11.7 Å². The zero-order valence-electron chi connectivity index (χ0n) is 45.5. The van der Waals surface area contributed by atoms with Gasteiger partial charge in [0.1, 0.15) is 12.2 Å². The van der Waals surface area contributed by atoms with Gasteiger partial charge in [-0.15, -0.1) is 0 Å². The Morgan fingerprint density at radius 1 is 0.849 bits per heavy atom. The predicted octanol–water partition coefficient (Wildman–Crippen LogP) is 8.99. The summed E-state index contributed by atoms with van der Waals surface area (Å²) in [5, 5.41) is 59.3. The van der Waals surface area contributed by atoms with Crippen molar-refractivity contribution in [3.05, 3.63) is 83.1 Å². The number of carbonyl (C=O) groups excluding carboxylic acids is 3. The number of carbonyl (C=O) groups is 3. The van der Waals surface area contributed by atoms with Crippen LogP contribution in [0.4, 0.5) is 0 Å². The van der Waals surface area contributed by atoms with Gasteiger partial charge in [0.15, 0.2) is 5.78 Å². The number of aromatic nitrogens is 1. The zero-order valence-corrected chi connectivity index (χ0v) is 45.5. The summed E-state index contributed by atoms with van der Waals surface area (Å²) < 4.78 is 17.9. The molecule has 1 aromatic heterocycles. The number of methoxy groups -OCH3 is 2. The molecule has 13 nitrogen and oxygen atoms in total. The van der Waals surface area contributed by atoms with Crippen LogP contribution >= 0.6 is 0 Å². The molecular weight excluding hydrogens is 925 g/mol. The Labute approximate surface area is 435 Å². The maximum absolute atomic E-state index is 14.8. The molecule has 4 aliphatic rings. The average Bonchev–Trinajstić information content (AvgIpc) is 3.81. The summed E-state index contributed by atoms with van der Waals surface area (Å²) in [6.07, 6.45) is 15.5. The molecule has 0 spiro atoms. The molecule has 1 aliphatic carbocycles. The summed E-state index contributed by atoms with van der Waals surface area (Å²) in [5.41, 5.74) is 4.80. The van der Waals surface area contributed by atoms with Crippen LogP contribution < -0.4 is 0 Å². The number of H-pyrrole nitrogens is 1. The summed E-state index contributed by atoms with van der Waals surface area (Å²) >= 11 is 0. The van der Waals surface area contributed by atoms with E-state index in [0.717, 1.165) is 40.4 Å². The van der Waals surface area contributed by atoms with E-state index in [1.165, 1.54) is 12.0 Å². The number of aliphatic hydroxyl groups is 5. The molecule has 2 aromatic rings. The number of ether oxygens (including phenoxy) is 3. The molecule has 17 atom stereocenters. The Morgan fingerprint density at radius 2 is 1.60 bits per heavy atom. The summed E-state index contributed by atoms with van der Waals surface area (Å²) in [6, 6.07) is 5.31. The smallest absolute Gasteiger partial charge is 0.296 e. The third kappa shape index (κ3) is 14.2. The highest BCUT2D eigenvalue weighted by Gasteiger charge is 2.53. The number of benzene rings is 1. The van der Waals surface area contributed by atoms with Crippen LogP contribution in [-0.2, 0) is 28.6 Å². The van der Waals surface area contributed by atoms with E-state index < -0.39 is 72.0 Å². The number of amides is 1. The van der Waals surface area contributed by atoms with Crippen molar-refractivity contribution in [2.45, 2.75) is 199 Å². The van der Waals surface area contributed by atoms with E-state index >= 15 is 0 Å². The molecule has 0 unspecified atom stereocenters. The molecule has 4 heterocycles. The fourth-order valence-electron chi connectivity index (χ4n) is 12.7. The Kier molecular flexibility index (Phi) is 21.1. The standard InChI is InChI=1S/C60H90N2O11/c1-35-17-12-11-13-18-36(2)47(48-34-61-54-37(3)19-16-20-46(48)54)33-45-24-22-42(8)60(70,73-45)58(68)59(69)62-26-15-14-21-49(62)52(65)32-44(38(4)29-43-23-25-50(63)53(30-43)71-9)31-51(64)39(5)28-41(7)56(67)57(72-10)55(66)40(6)27-35/h11-13,16-20,28,34-35,38-40,42-45,47,49-51,53,55-57,61,63-64,66-67,70H,14-15,21-27,29-33H2,1-10H3/b13-11+,17-12+,36-18-,41-28+/t35-,38-,39-,40-,42-,43+,44-,45+,47+,49+,50-,51+,53-,55+,56-,57+,60-/m1/s1. The minimum atomic E-state index is -2.40. The average molecular weight is 1020 g/mol. The van der Waals surface area contributed by atoms with E-state index in [1.54, 1.807) is 21.0 Å². The zero-order chi connectivity index (χ0) is 53.3. The lowest BCUT2D eigenvalue weighted by molar-refractivity contribution is -0.263. The van der Waals surface area contributed by atoms with Crippen molar-refractivity contribution in [3.8, 4) is 0 Å². The number of aryl methyl sites for hydroxylation is 1. The molecular formula is C60H90N2O11. The van der Waals surface area contributed by atoms with E-state index in [2.05, 4.69) is 57.0 Å². The second-order valence-electron chi connectivity index (χ2n) is 23.0. The number of nitrogens with zero attached hydrogens (tertiary/aromatic N) is 1. The number of para-hydroxylation sites is 1. The molecule has 6 rings (SSSR count). The number of hydrogen-bond donors (Lipinski definition) is 6. The summed E-state index contributed by atoms with van der Waals surface area (Å²) in [4.78, 5) is 49.0. The Bertz CT molecular complexity index is 2280. The number of piperidine rings is 1. The van der Waals surface area contributed by atoms with Gasteiger partial charge in [0.05, 0.1) is 36.6 Å². The molecule has 1 aromatic carbocycles. The molecule has 0 radical (unpaired) electrons. The van der Waals surface area contributed by atoms with Gasteiger partial charge in [0, 0.05) is 62.0 Å². The van der Waals surface area contributed by atoms with Crippen LogP contribution in [0.25, 0.3) is 10.9 Å². The molecule has 13 heteroatoms. The highest BCUT2D eigenvalue weighted by molar-refractivity contribution is 6.39. The minimum absolute atomic E-state index is 0.0505.